The minimum absolute atomic E-state index is 0.156. The SMILES string of the molecule is Cc1ccc(C(C(C)N)N(CC2CC2)C(C)C)cc1. The molecule has 1 aromatic carbocycles. The van der Waals surface area contributed by atoms with E-state index in [-0.39, 0.29) is 6.04 Å². The molecular weight excluding hydrogens is 232 g/mol. The van der Waals surface area contributed by atoms with Crippen molar-refractivity contribution in [3.63, 3.8) is 0 Å². The number of aryl methyl sites for hydroxylation is 1. The Morgan fingerprint density at radius 2 is 1.74 bits per heavy atom. The van der Waals surface area contributed by atoms with Crippen LogP contribution in [-0.4, -0.2) is 23.5 Å². The molecule has 2 N–H and O–H groups in total. The Morgan fingerprint density at radius 3 is 2.16 bits per heavy atom. The monoisotopic (exact) mass is 260 g/mol. The summed E-state index contributed by atoms with van der Waals surface area (Å²) >= 11 is 0. The van der Waals surface area contributed by atoms with Crippen LogP contribution in [0.5, 0.6) is 0 Å². The van der Waals surface area contributed by atoms with Gasteiger partial charge in [-0.25, -0.2) is 0 Å². The van der Waals surface area contributed by atoms with Crippen molar-refractivity contribution >= 4 is 0 Å². The molecule has 1 saturated carbocycles. The summed E-state index contributed by atoms with van der Waals surface area (Å²) in [5, 5.41) is 0. The first kappa shape index (κ1) is 14.5. The first-order valence-electron chi connectivity index (χ1n) is 7.57. The maximum Gasteiger partial charge on any atom is 0.0499 e. The van der Waals surface area contributed by atoms with Gasteiger partial charge in [-0.15, -0.1) is 0 Å². The third-order valence-electron chi connectivity index (χ3n) is 4.10. The van der Waals surface area contributed by atoms with Crippen LogP contribution < -0.4 is 5.73 Å². The number of nitrogens with zero attached hydrogens (tertiary/aromatic N) is 1. The Kier molecular flexibility index (Phi) is 4.64. The highest BCUT2D eigenvalue weighted by Gasteiger charge is 2.31. The minimum atomic E-state index is 0.156. The number of benzene rings is 1. The van der Waals surface area contributed by atoms with Gasteiger partial charge in [-0.2, -0.15) is 0 Å². The van der Waals surface area contributed by atoms with E-state index >= 15 is 0 Å². The Hall–Kier alpha value is -0.860. The molecule has 0 bridgehead atoms. The Balaban J connectivity index is 2.23. The van der Waals surface area contributed by atoms with Crippen molar-refractivity contribution in [2.45, 2.75) is 58.7 Å². The highest BCUT2D eigenvalue weighted by atomic mass is 15.2. The maximum atomic E-state index is 6.30. The van der Waals surface area contributed by atoms with Crippen molar-refractivity contribution in [3.05, 3.63) is 35.4 Å². The van der Waals surface area contributed by atoms with Gasteiger partial charge in [0.25, 0.3) is 0 Å². The molecule has 0 aromatic heterocycles. The fraction of sp³-hybridized carbons (Fsp3) is 0.647. The van der Waals surface area contributed by atoms with Crippen LogP contribution in [0, 0.1) is 12.8 Å². The number of hydrogen-bond donors (Lipinski definition) is 1. The van der Waals surface area contributed by atoms with Crippen molar-refractivity contribution in [3.8, 4) is 0 Å². The molecular formula is C17H28N2. The summed E-state index contributed by atoms with van der Waals surface area (Å²) in [5.74, 6) is 0.897. The molecule has 19 heavy (non-hydrogen) atoms. The van der Waals surface area contributed by atoms with Gasteiger partial charge < -0.3 is 5.73 Å². The molecule has 1 aromatic rings. The van der Waals surface area contributed by atoms with E-state index in [1.807, 2.05) is 0 Å². The van der Waals surface area contributed by atoms with E-state index in [9.17, 15) is 0 Å². The van der Waals surface area contributed by atoms with Crippen LogP contribution in [0.2, 0.25) is 0 Å². The molecule has 0 spiro atoms. The fourth-order valence-corrected chi connectivity index (χ4v) is 2.80. The van der Waals surface area contributed by atoms with E-state index < -0.39 is 0 Å². The highest BCUT2D eigenvalue weighted by molar-refractivity contribution is 5.25. The molecule has 1 aliphatic rings. The van der Waals surface area contributed by atoms with E-state index in [4.69, 9.17) is 5.73 Å². The van der Waals surface area contributed by atoms with Gasteiger partial charge in [-0.1, -0.05) is 29.8 Å². The highest BCUT2D eigenvalue weighted by Crippen LogP contribution is 2.34. The molecule has 0 radical (unpaired) electrons. The molecule has 2 rings (SSSR count). The molecule has 1 fully saturated rings. The molecule has 2 nitrogen and oxygen atoms in total. The van der Waals surface area contributed by atoms with Crippen molar-refractivity contribution in [2.24, 2.45) is 11.7 Å². The third kappa shape index (κ3) is 3.80. The lowest BCUT2D eigenvalue weighted by molar-refractivity contribution is 0.129. The first-order chi connectivity index (χ1) is 8.99. The number of nitrogens with two attached hydrogens (primary N) is 1. The Morgan fingerprint density at radius 1 is 1.16 bits per heavy atom. The van der Waals surface area contributed by atoms with Gasteiger partial charge in [0.15, 0.2) is 0 Å². The van der Waals surface area contributed by atoms with Gasteiger partial charge in [-0.05, 0) is 52.0 Å². The lowest BCUT2D eigenvalue weighted by Crippen LogP contribution is -2.44. The zero-order valence-corrected chi connectivity index (χ0v) is 12.8. The summed E-state index contributed by atoms with van der Waals surface area (Å²) in [6, 6.07) is 9.90. The molecule has 0 amide bonds. The molecule has 0 heterocycles. The standard InChI is InChI=1S/C17H28N2/c1-12(2)19(11-15-7-8-15)17(14(4)18)16-9-5-13(3)6-10-16/h5-6,9-10,12,14-15,17H,7-8,11,18H2,1-4H3. The lowest BCUT2D eigenvalue weighted by Gasteiger charge is -2.38. The number of rotatable bonds is 6. The van der Waals surface area contributed by atoms with E-state index in [0.29, 0.717) is 12.1 Å². The Bertz CT molecular complexity index is 390. The first-order valence-corrected chi connectivity index (χ1v) is 7.57. The van der Waals surface area contributed by atoms with Crippen LogP contribution in [0.3, 0.4) is 0 Å². The second-order valence-electron chi connectivity index (χ2n) is 6.45. The summed E-state index contributed by atoms with van der Waals surface area (Å²) < 4.78 is 0. The summed E-state index contributed by atoms with van der Waals surface area (Å²) in [7, 11) is 0. The van der Waals surface area contributed by atoms with Crippen molar-refractivity contribution in [1.82, 2.24) is 4.90 Å². The topological polar surface area (TPSA) is 29.3 Å². The van der Waals surface area contributed by atoms with Crippen LogP contribution in [0.1, 0.15) is 50.8 Å². The smallest absolute Gasteiger partial charge is 0.0499 e. The van der Waals surface area contributed by atoms with Gasteiger partial charge in [0, 0.05) is 24.7 Å². The molecule has 106 valence electrons. The van der Waals surface area contributed by atoms with Crippen molar-refractivity contribution in [1.29, 1.82) is 0 Å². The largest absolute Gasteiger partial charge is 0.326 e. The molecule has 2 unspecified atom stereocenters. The van der Waals surface area contributed by atoms with Gasteiger partial charge in [0.1, 0.15) is 0 Å². The Labute approximate surface area is 118 Å². The van der Waals surface area contributed by atoms with Crippen LogP contribution in [0.15, 0.2) is 24.3 Å². The average molecular weight is 260 g/mol. The zero-order chi connectivity index (χ0) is 14.0. The van der Waals surface area contributed by atoms with Crippen molar-refractivity contribution in [2.75, 3.05) is 6.54 Å². The van der Waals surface area contributed by atoms with Gasteiger partial charge in [0.05, 0.1) is 0 Å². The van der Waals surface area contributed by atoms with Crippen molar-refractivity contribution < 1.29 is 0 Å². The molecule has 1 aliphatic carbocycles. The van der Waals surface area contributed by atoms with Crippen LogP contribution >= 0.6 is 0 Å². The summed E-state index contributed by atoms with van der Waals surface area (Å²) in [6.07, 6.45) is 2.78. The maximum absolute atomic E-state index is 6.30. The van der Waals surface area contributed by atoms with E-state index in [2.05, 4.69) is 56.9 Å². The minimum Gasteiger partial charge on any atom is -0.326 e. The van der Waals surface area contributed by atoms with Gasteiger partial charge in [-0.3, -0.25) is 4.90 Å². The summed E-state index contributed by atoms with van der Waals surface area (Å²) in [4.78, 5) is 2.59. The summed E-state index contributed by atoms with van der Waals surface area (Å²) in [5.41, 5.74) is 8.97. The van der Waals surface area contributed by atoms with Gasteiger partial charge in [0.2, 0.25) is 0 Å². The lowest BCUT2D eigenvalue weighted by atomic mass is 9.96. The second kappa shape index (κ2) is 6.06. The average Bonchev–Trinajstić information content (AvgIpc) is 3.14. The summed E-state index contributed by atoms with van der Waals surface area (Å²) in [6.45, 7) is 10.0. The van der Waals surface area contributed by atoms with Crippen LogP contribution in [-0.2, 0) is 0 Å². The third-order valence-corrected chi connectivity index (χ3v) is 4.10. The van der Waals surface area contributed by atoms with Crippen LogP contribution in [0.25, 0.3) is 0 Å². The van der Waals surface area contributed by atoms with E-state index in [1.165, 1.54) is 30.5 Å². The molecule has 2 heteroatoms. The van der Waals surface area contributed by atoms with Gasteiger partial charge >= 0.3 is 0 Å². The van der Waals surface area contributed by atoms with Crippen LogP contribution in [0.4, 0.5) is 0 Å². The normalized spacial score (nSPS) is 18.9. The zero-order valence-electron chi connectivity index (χ0n) is 12.8. The molecule has 0 saturated heterocycles. The predicted octanol–water partition coefficient (Wildman–Crippen LogP) is 3.50. The molecule has 2 atom stereocenters. The molecule has 0 aliphatic heterocycles. The van der Waals surface area contributed by atoms with E-state index in [0.717, 1.165) is 5.92 Å². The fourth-order valence-electron chi connectivity index (χ4n) is 2.80. The van der Waals surface area contributed by atoms with E-state index in [1.54, 1.807) is 0 Å². The second-order valence-corrected chi connectivity index (χ2v) is 6.45. The quantitative estimate of drug-likeness (QED) is 0.848. The predicted molar refractivity (Wildman–Crippen MR) is 82.1 cm³/mol. The number of hydrogen-bond acceptors (Lipinski definition) is 2.